The van der Waals surface area contributed by atoms with Crippen molar-refractivity contribution in [2.24, 2.45) is 7.05 Å². The first-order valence-electron chi connectivity index (χ1n) is 6.65. The number of rotatable bonds is 3. The lowest BCUT2D eigenvalue weighted by molar-refractivity contribution is 0.746. The Kier molecular flexibility index (Phi) is 3.22. The van der Waals surface area contributed by atoms with Gasteiger partial charge in [0, 0.05) is 18.5 Å². The standard InChI is InChI=1S/C14H15ClN4O/c1-3-4-5-12-16-17-13-14(20)18(2)10-7-6-9(15)8-11(10)19(12)13/h6-8H,3-5H2,1-2H3. The highest BCUT2D eigenvalue weighted by atomic mass is 35.5. The first-order valence-corrected chi connectivity index (χ1v) is 7.03. The van der Waals surface area contributed by atoms with Crippen molar-refractivity contribution in [3.63, 3.8) is 0 Å². The molecule has 0 amide bonds. The zero-order valence-electron chi connectivity index (χ0n) is 11.4. The first-order chi connectivity index (χ1) is 9.63. The van der Waals surface area contributed by atoms with E-state index in [0.29, 0.717) is 10.7 Å². The molecule has 0 aliphatic rings. The van der Waals surface area contributed by atoms with Crippen LogP contribution in [-0.2, 0) is 13.5 Å². The van der Waals surface area contributed by atoms with Gasteiger partial charge in [0.15, 0.2) is 0 Å². The summed E-state index contributed by atoms with van der Waals surface area (Å²) in [5, 5.41) is 8.85. The van der Waals surface area contributed by atoms with Crippen LogP contribution in [0.25, 0.3) is 16.7 Å². The van der Waals surface area contributed by atoms with Crippen LogP contribution in [0.3, 0.4) is 0 Å². The Morgan fingerprint density at radius 3 is 2.80 bits per heavy atom. The van der Waals surface area contributed by atoms with Crippen LogP contribution in [-0.4, -0.2) is 19.2 Å². The number of nitrogens with zero attached hydrogens (tertiary/aromatic N) is 4. The van der Waals surface area contributed by atoms with Gasteiger partial charge in [-0.25, -0.2) is 0 Å². The number of benzene rings is 1. The molecule has 0 aliphatic carbocycles. The van der Waals surface area contributed by atoms with Crippen molar-refractivity contribution in [3.8, 4) is 0 Å². The molecule has 2 heterocycles. The zero-order valence-corrected chi connectivity index (χ0v) is 12.2. The molecule has 0 fully saturated rings. The monoisotopic (exact) mass is 290 g/mol. The van der Waals surface area contributed by atoms with Crippen LogP contribution in [0.2, 0.25) is 5.02 Å². The lowest BCUT2D eigenvalue weighted by atomic mass is 10.2. The molecule has 0 N–H and O–H groups in total. The van der Waals surface area contributed by atoms with E-state index in [2.05, 4.69) is 17.1 Å². The quantitative estimate of drug-likeness (QED) is 0.745. The first kappa shape index (κ1) is 13.1. The number of hydrogen-bond acceptors (Lipinski definition) is 3. The van der Waals surface area contributed by atoms with Crippen molar-refractivity contribution in [2.45, 2.75) is 26.2 Å². The third-order valence-corrected chi connectivity index (χ3v) is 3.75. The lowest BCUT2D eigenvalue weighted by Crippen LogP contribution is -2.20. The Labute approximate surface area is 120 Å². The molecule has 6 heteroatoms. The number of unbranched alkanes of at least 4 members (excludes halogenated alkanes) is 1. The third-order valence-electron chi connectivity index (χ3n) is 3.52. The van der Waals surface area contributed by atoms with Gasteiger partial charge in [0.2, 0.25) is 5.65 Å². The minimum atomic E-state index is -0.143. The van der Waals surface area contributed by atoms with E-state index in [9.17, 15) is 4.79 Å². The van der Waals surface area contributed by atoms with Crippen molar-refractivity contribution >= 4 is 28.3 Å². The molecule has 20 heavy (non-hydrogen) atoms. The molecule has 0 spiro atoms. The van der Waals surface area contributed by atoms with Gasteiger partial charge in [-0.1, -0.05) is 24.9 Å². The summed E-state index contributed by atoms with van der Waals surface area (Å²) in [6.45, 7) is 2.12. The second-order valence-electron chi connectivity index (χ2n) is 4.88. The van der Waals surface area contributed by atoms with Crippen LogP contribution in [0.15, 0.2) is 23.0 Å². The largest absolute Gasteiger partial charge is 0.307 e. The van der Waals surface area contributed by atoms with Crippen molar-refractivity contribution in [3.05, 3.63) is 39.4 Å². The van der Waals surface area contributed by atoms with Gasteiger partial charge in [-0.2, -0.15) is 0 Å². The van der Waals surface area contributed by atoms with E-state index in [4.69, 9.17) is 11.6 Å². The molecular formula is C14H15ClN4O. The van der Waals surface area contributed by atoms with Crippen LogP contribution in [0.1, 0.15) is 25.6 Å². The van der Waals surface area contributed by atoms with Gasteiger partial charge in [-0.3, -0.25) is 9.20 Å². The van der Waals surface area contributed by atoms with Crippen LogP contribution in [0.4, 0.5) is 0 Å². The van der Waals surface area contributed by atoms with Gasteiger partial charge >= 0.3 is 0 Å². The van der Waals surface area contributed by atoms with Gasteiger partial charge in [0.25, 0.3) is 5.56 Å². The highest BCUT2D eigenvalue weighted by Gasteiger charge is 2.14. The molecule has 2 aromatic heterocycles. The predicted molar refractivity (Wildman–Crippen MR) is 79.4 cm³/mol. The Morgan fingerprint density at radius 2 is 2.05 bits per heavy atom. The Morgan fingerprint density at radius 1 is 1.25 bits per heavy atom. The fourth-order valence-electron chi connectivity index (χ4n) is 2.42. The SMILES string of the molecule is CCCCc1nnc2c(=O)n(C)c3ccc(Cl)cc3n12. The van der Waals surface area contributed by atoms with E-state index in [1.165, 1.54) is 0 Å². The molecule has 3 rings (SSSR count). The summed E-state index contributed by atoms with van der Waals surface area (Å²) in [7, 11) is 1.74. The van der Waals surface area contributed by atoms with E-state index in [-0.39, 0.29) is 5.56 Å². The molecule has 0 radical (unpaired) electrons. The highest BCUT2D eigenvalue weighted by Crippen LogP contribution is 2.20. The van der Waals surface area contributed by atoms with Crippen LogP contribution in [0, 0.1) is 0 Å². The molecule has 0 saturated carbocycles. The van der Waals surface area contributed by atoms with Crippen molar-refractivity contribution < 1.29 is 0 Å². The maximum absolute atomic E-state index is 12.3. The normalized spacial score (nSPS) is 11.6. The van der Waals surface area contributed by atoms with Gasteiger partial charge in [-0.15, -0.1) is 10.2 Å². The molecule has 0 atom stereocenters. The van der Waals surface area contributed by atoms with Crippen molar-refractivity contribution in [1.82, 2.24) is 19.2 Å². The summed E-state index contributed by atoms with van der Waals surface area (Å²) >= 11 is 6.09. The van der Waals surface area contributed by atoms with E-state index in [0.717, 1.165) is 36.1 Å². The van der Waals surface area contributed by atoms with E-state index in [1.54, 1.807) is 17.7 Å². The van der Waals surface area contributed by atoms with Crippen molar-refractivity contribution in [1.29, 1.82) is 0 Å². The number of aryl methyl sites for hydroxylation is 2. The maximum atomic E-state index is 12.3. The van der Waals surface area contributed by atoms with Gasteiger partial charge in [0.1, 0.15) is 5.82 Å². The predicted octanol–water partition coefficient (Wildman–Crippen LogP) is 2.58. The molecule has 0 unspecified atom stereocenters. The number of hydrogen-bond donors (Lipinski definition) is 0. The van der Waals surface area contributed by atoms with Crippen LogP contribution in [0.5, 0.6) is 0 Å². The van der Waals surface area contributed by atoms with Crippen LogP contribution < -0.4 is 5.56 Å². The number of fused-ring (bicyclic) bond motifs is 3. The second kappa shape index (κ2) is 4.90. The van der Waals surface area contributed by atoms with E-state index < -0.39 is 0 Å². The van der Waals surface area contributed by atoms with Gasteiger partial charge in [-0.05, 0) is 24.6 Å². The molecule has 104 valence electrons. The average molecular weight is 291 g/mol. The molecule has 5 nitrogen and oxygen atoms in total. The molecule has 0 bridgehead atoms. The van der Waals surface area contributed by atoms with Crippen molar-refractivity contribution in [2.75, 3.05) is 0 Å². The summed E-state index contributed by atoms with van der Waals surface area (Å²) < 4.78 is 3.42. The summed E-state index contributed by atoms with van der Waals surface area (Å²) in [5.41, 5.74) is 1.90. The zero-order chi connectivity index (χ0) is 14.3. The highest BCUT2D eigenvalue weighted by molar-refractivity contribution is 6.31. The van der Waals surface area contributed by atoms with Gasteiger partial charge in [0.05, 0.1) is 11.0 Å². The van der Waals surface area contributed by atoms with Crippen LogP contribution >= 0.6 is 11.6 Å². The minimum absolute atomic E-state index is 0.143. The Balaban J connectivity index is 2.44. The Hall–Kier alpha value is -1.88. The van der Waals surface area contributed by atoms with E-state index in [1.807, 2.05) is 16.5 Å². The average Bonchev–Trinajstić information content (AvgIpc) is 2.86. The van der Waals surface area contributed by atoms with E-state index >= 15 is 0 Å². The van der Waals surface area contributed by atoms with Gasteiger partial charge < -0.3 is 4.57 Å². The third kappa shape index (κ3) is 1.89. The molecular weight excluding hydrogens is 276 g/mol. The fourth-order valence-corrected chi connectivity index (χ4v) is 2.59. The summed E-state index contributed by atoms with van der Waals surface area (Å²) in [5.74, 6) is 0.812. The molecule has 1 aromatic carbocycles. The molecule has 3 aromatic rings. The Bertz CT molecular complexity index is 850. The summed E-state index contributed by atoms with van der Waals surface area (Å²) in [6.07, 6.45) is 2.88. The minimum Gasteiger partial charge on any atom is -0.307 e. The molecule has 0 aliphatic heterocycles. The maximum Gasteiger partial charge on any atom is 0.296 e. The number of aromatic nitrogens is 4. The summed E-state index contributed by atoms with van der Waals surface area (Å²) in [6, 6.07) is 5.48. The fraction of sp³-hybridized carbons (Fsp3) is 0.357. The second-order valence-corrected chi connectivity index (χ2v) is 5.31. The summed E-state index contributed by atoms with van der Waals surface area (Å²) in [4.78, 5) is 12.3. The topological polar surface area (TPSA) is 52.2 Å². The lowest BCUT2D eigenvalue weighted by Gasteiger charge is -2.09. The molecule has 0 saturated heterocycles. The number of halogens is 1. The smallest absolute Gasteiger partial charge is 0.296 e.